The summed E-state index contributed by atoms with van der Waals surface area (Å²) in [5.74, 6) is 0.876. The van der Waals surface area contributed by atoms with E-state index in [4.69, 9.17) is 9.47 Å². The number of nitrogens with zero attached hydrogens (tertiary/aromatic N) is 4. The normalized spacial score (nSPS) is 15.0. The van der Waals surface area contributed by atoms with Crippen molar-refractivity contribution in [3.8, 4) is 17.1 Å². The van der Waals surface area contributed by atoms with Gasteiger partial charge >= 0.3 is 6.09 Å². The molecule has 3 rings (SSSR count). The maximum Gasteiger partial charge on any atom is 0.409 e. The first-order valence-corrected chi connectivity index (χ1v) is 8.47. The Morgan fingerprint density at radius 3 is 2.68 bits per heavy atom. The van der Waals surface area contributed by atoms with Gasteiger partial charge in [0.15, 0.2) is 0 Å². The van der Waals surface area contributed by atoms with Crippen molar-refractivity contribution in [3.63, 3.8) is 0 Å². The molecule has 0 aliphatic carbocycles. The van der Waals surface area contributed by atoms with E-state index in [1.54, 1.807) is 11.1 Å². The molecule has 1 saturated heterocycles. The monoisotopic (exact) mass is 342 g/mol. The first-order chi connectivity index (χ1) is 12.2. The third-order valence-corrected chi connectivity index (χ3v) is 4.36. The largest absolute Gasteiger partial charge is 0.477 e. The van der Waals surface area contributed by atoms with Crippen molar-refractivity contribution in [2.24, 2.45) is 0 Å². The van der Waals surface area contributed by atoms with Crippen LogP contribution in [0.2, 0.25) is 0 Å². The Hall–Kier alpha value is -2.70. The number of rotatable bonds is 4. The lowest BCUT2D eigenvalue weighted by Crippen LogP contribution is -2.37. The minimum atomic E-state index is -0.264. The third kappa shape index (κ3) is 3.87. The summed E-state index contributed by atoms with van der Waals surface area (Å²) in [5, 5.41) is 8.76. The summed E-state index contributed by atoms with van der Waals surface area (Å²) in [6.07, 6.45) is 3.16. The minimum Gasteiger partial charge on any atom is -0.477 e. The number of hydrogen-bond donors (Lipinski definition) is 0. The van der Waals surface area contributed by atoms with E-state index in [9.17, 15) is 4.79 Å². The van der Waals surface area contributed by atoms with Crippen molar-refractivity contribution in [2.45, 2.75) is 25.7 Å². The van der Waals surface area contributed by atoms with Crippen LogP contribution < -0.4 is 4.74 Å². The van der Waals surface area contributed by atoms with E-state index >= 15 is 0 Å². The zero-order chi connectivity index (χ0) is 17.6. The molecule has 0 spiro atoms. The van der Waals surface area contributed by atoms with E-state index in [0.717, 1.165) is 29.8 Å². The van der Waals surface area contributed by atoms with Crippen LogP contribution in [0.25, 0.3) is 11.3 Å². The molecule has 0 bridgehead atoms. The lowest BCUT2D eigenvalue weighted by molar-refractivity contribution is 0.112. The van der Waals surface area contributed by atoms with Gasteiger partial charge in [-0.2, -0.15) is 10.2 Å². The number of methoxy groups -OCH3 is 1. The van der Waals surface area contributed by atoms with Crippen LogP contribution in [0.3, 0.4) is 0 Å². The third-order valence-electron chi connectivity index (χ3n) is 4.36. The molecule has 3 heterocycles. The summed E-state index contributed by atoms with van der Waals surface area (Å²) in [6.45, 7) is 3.83. The van der Waals surface area contributed by atoms with Crippen LogP contribution in [0.15, 0.2) is 30.5 Å². The average molecular weight is 342 g/mol. The van der Waals surface area contributed by atoms with Crippen molar-refractivity contribution in [2.75, 3.05) is 26.8 Å². The predicted molar refractivity (Wildman–Crippen MR) is 92.4 cm³/mol. The molecule has 2 aromatic rings. The summed E-state index contributed by atoms with van der Waals surface area (Å²) >= 11 is 0. The van der Waals surface area contributed by atoms with E-state index in [1.807, 2.05) is 31.2 Å². The van der Waals surface area contributed by atoms with Crippen LogP contribution in [-0.4, -0.2) is 53.0 Å². The Kier molecular flexibility index (Phi) is 5.42. The fraction of sp³-hybridized carbons (Fsp3) is 0.444. The maximum atomic E-state index is 11.6. The summed E-state index contributed by atoms with van der Waals surface area (Å²) < 4.78 is 10.3. The van der Waals surface area contributed by atoms with Gasteiger partial charge in [0.05, 0.1) is 30.7 Å². The van der Waals surface area contributed by atoms with E-state index in [2.05, 4.69) is 15.2 Å². The summed E-state index contributed by atoms with van der Waals surface area (Å²) in [6, 6.07) is 7.74. The molecule has 0 aromatic carbocycles. The highest BCUT2D eigenvalue weighted by atomic mass is 16.5. The number of piperidine rings is 1. The lowest BCUT2D eigenvalue weighted by atomic mass is 9.93. The fourth-order valence-electron chi connectivity index (χ4n) is 3.03. The van der Waals surface area contributed by atoms with Crippen LogP contribution in [0.5, 0.6) is 5.88 Å². The Balaban J connectivity index is 1.70. The zero-order valence-corrected chi connectivity index (χ0v) is 14.5. The predicted octanol–water partition coefficient (Wildman–Crippen LogP) is 2.88. The Morgan fingerprint density at radius 2 is 2.04 bits per heavy atom. The smallest absolute Gasteiger partial charge is 0.409 e. The SMILES string of the molecule is CCOc1ncccc1-c1ccc(C2CCN(C(=O)OC)CC2)nn1. The van der Waals surface area contributed by atoms with Gasteiger partial charge in [0.2, 0.25) is 5.88 Å². The van der Waals surface area contributed by atoms with Gasteiger partial charge in [-0.15, -0.1) is 0 Å². The van der Waals surface area contributed by atoms with Crippen molar-refractivity contribution in [1.82, 2.24) is 20.1 Å². The molecule has 0 atom stereocenters. The number of ether oxygens (including phenoxy) is 2. The van der Waals surface area contributed by atoms with Crippen molar-refractivity contribution < 1.29 is 14.3 Å². The highest BCUT2D eigenvalue weighted by Crippen LogP contribution is 2.29. The number of likely N-dealkylation sites (tertiary alicyclic amines) is 1. The van der Waals surface area contributed by atoms with Gasteiger partial charge in [0.25, 0.3) is 0 Å². The Labute approximate surface area is 147 Å². The van der Waals surface area contributed by atoms with Gasteiger partial charge in [-0.1, -0.05) is 0 Å². The zero-order valence-electron chi connectivity index (χ0n) is 14.5. The van der Waals surface area contributed by atoms with E-state index in [0.29, 0.717) is 31.5 Å². The molecule has 132 valence electrons. The van der Waals surface area contributed by atoms with Crippen LogP contribution in [0, 0.1) is 0 Å². The van der Waals surface area contributed by atoms with Gasteiger partial charge in [0, 0.05) is 25.2 Å². The highest BCUT2D eigenvalue weighted by molar-refractivity contribution is 5.67. The quantitative estimate of drug-likeness (QED) is 0.850. The molecular weight excluding hydrogens is 320 g/mol. The van der Waals surface area contributed by atoms with Crippen molar-refractivity contribution >= 4 is 6.09 Å². The highest BCUT2D eigenvalue weighted by Gasteiger charge is 2.25. The van der Waals surface area contributed by atoms with Gasteiger partial charge in [-0.25, -0.2) is 9.78 Å². The van der Waals surface area contributed by atoms with E-state index < -0.39 is 0 Å². The van der Waals surface area contributed by atoms with Gasteiger partial charge in [-0.05, 0) is 44.0 Å². The number of pyridine rings is 1. The standard InChI is InChI=1S/C18H22N4O3/c1-3-25-17-14(5-4-10-19-17)16-7-6-15(20-21-16)13-8-11-22(12-9-13)18(23)24-2/h4-7,10,13H,3,8-9,11-12H2,1-2H3. The Morgan fingerprint density at radius 1 is 1.24 bits per heavy atom. The Bertz CT molecular complexity index is 713. The molecule has 7 heteroatoms. The molecule has 1 aliphatic rings. The van der Waals surface area contributed by atoms with E-state index in [1.165, 1.54) is 7.11 Å². The van der Waals surface area contributed by atoms with Crippen LogP contribution in [0.4, 0.5) is 4.79 Å². The lowest BCUT2D eigenvalue weighted by Gasteiger charge is -2.30. The van der Waals surface area contributed by atoms with Crippen LogP contribution in [0.1, 0.15) is 31.4 Å². The molecule has 1 amide bonds. The number of hydrogen-bond acceptors (Lipinski definition) is 6. The number of aromatic nitrogens is 3. The topological polar surface area (TPSA) is 77.4 Å². The second-order valence-corrected chi connectivity index (χ2v) is 5.86. The maximum absolute atomic E-state index is 11.6. The first kappa shape index (κ1) is 17.1. The van der Waals surface area contributed by atoms with Crippen LogP contribution >= 0.6 is 0 Å². The van der Waals surface area contributed by atoms with Crippen LogP contribution in [-0.2, 0) is 4.74 Å². The van der Waals surface area contributed by atoms with Gasteiger partial charge in [-0.3, -0.25) is 0 Å². The summed E-state index contributed by atoms with van der Waals surface area (Å²) in [4.78, 5) is 17.5. The number of carbonyl (C=O) groups is 1. The van der Waals surface area contributed by atoms with Crippen molar-refractivity contribution in [3.05, 3.63) is 36.2 Å². The molecule has 7 nitrogen and oxygen atoms in total. The molecule has 0 unspecified atom stereocenters. The molecule has 0 radical (unpaired) electrons. The summed E-state index contributed by atoms with van der Waals surface area (Å²) in [5.41, 5.74) is 2.53. The first-order valence-electron chi connectivity index (χ1n) is 8.47. The fourth-order valence-corrected chi connectivity index (χ4v) is 3.03. The van der Waals surface area contributed by atoms with E-state index in [-0.39, 0.29) is 6.09 Å². The molecular formula is C18H22N4O3. The minimum absolute atomic E-state index is 0.264. The number of carbonyl (C=O) groups excluding carboxylic acids is 1. The molecule has 25 heavy (non-hydrogen) atoms. The molecule has 1 fully saturated rings. The average Bonchev–Trinajstić information content (AvgIpc) is 2.68. The molecule has 2 aromatic heterocycles. The number of amides is 1. The molecule has 1 aliphatic heterocycles. The molecule has 0 saturated carbocycles. The van der Waals surface area contributed by atoms with Crippen molar-refractivity contribution in [1.29, 1.82) is 0 Å². The van der Waals surface area contributed by atoms with Gasteiger partial charge in [0.1, 0.15) is 0 Å². The van der Waals surface area contributed by atoms with Gasteiger partial charge < -0.3 is 14.4 Å². The molecule has 0 N–H and O–H groups in total. The second kappa shape index (κ2) is 7.92. The summed E-state index contributed by atoms with van der Waals surface area (Å²) in [7, 11) is 1.41. The second-order valence-electron chi connectivity index (χ2n) is 5.86.